The Balaban J connectivity index is 1.83. The summed E-state index contributed by atoms with van der Waals surface area (Å²) in [5, 5.41) is 11.9. The molecule has 0 bridgehead atoms. The third kappa shape index (κ3) is 1.54. The van der Waals surface area contributed by atoms with Crippen molar-refractivity contribution in [2.24, 2.45) is 0 Å². The molecule has 1 aliphatic carbocycles. The van der Waals surface area contributed by atoms with Crippen LogP contribution in [-0.4, -0.2) is 22.0 Å². The van der Waals surface area contributed by atoms with Crippen LogP contribution in [-0.2, 0) is 23.1 Å². The fourth-order valence-corrected chi connectivity index (χ4v) is 3.40. The fourth-order valence-electron chi connectivity index (χ4n) is 3.40. The third-order valence-electron chi connectivity index (χ3n) is 4.43. The number of hydrogen-bond donors (Lipinski definition) is 2. The zero-order chi connectivity index (χ0) is 14.6. The van der Waals surface area contributed by atoms with Gasteiger partial charge in [-0.3, -0.25) is 4.79 Å². The molecule has 2 aromatic rings. The lowest BCUT2D eigenvalue weighted by molar-refractivity contribution is -0.120. The van der Waals surface area contributed by atoms with Crippen molar-refractivity contribution >= 4 is 17.7 Å². The second kappa shape index (κ2) is 3.91. The molecule has 0 radical (unpaired) electrons. The number of benzene rings is 1. The summed E-state index contributed by atoms with van der Waals surface area (Å²) in [6.07, 6.45) is 2.77. The number of anilines is 1. The van der Waals surface area contributed by atoms with Crippen LogP contribution in [0.5, 0.6) is 0 Å². The molecule has 5 heteroatoms. The highest BCUT2D eigenvalue weighted by atomic mass is 16.4. The molecule has 1 unspecified atom stereocenters. The van der Waals surface area contributed by atoms with Crippen LogP contribution in [0.25, 0.3) is 0 Å². The lowest BCUT2D eigenvalue weighted by Gasteiger charge is -2.20. The van der Waals surface area contributed by atoms with Gasteiger partial charge in [-0.15, -0.1) is 0 Å². The quantitative estimate of drug-likeness (QED) is 0.834. The SMILES string of the molecule is O=C(O)c1ccc2c(c1)CC1(C2)C(=O)Nc2ncccc21. The number of pyridine rings is 1. The Hall–Kier alpha value is -2.69. The van der Waals surface area contributed by atoms with Crippen LogP contribution >= 0.6 is 0 Å². The molecule has 0 fully saturated rings. The van der Waals surface area contributed by atoms with Gasteiger partial charge in [0.05, 0.1) is 11.0 Å². The molecular weight excluding hydrogens is 268 g/mol. The van der Waals surface area contributed by atoms with Crippen LogP contribution in [0.4, 0.5) is 5.82 Å². The number of aromatic carboxylic acids is 1. The number of carboxylic acids is 1. The number of amides is 1. The second-order valence-electron chi connectivity index (χ2n) is 5.58. The third-order valence-corrected chi connectivity index (χ3v) is 4.43. The van der Waals surface area contributed by atoms with Crippen molar-refractivity contribution in [3.63, 3.8) is 0 Å². The zero-order valence-corrected chi connectivity index (χ0v) is 11.1. The lowest BCUT2D eigenvalue weighted by Crippen LogP contribution is -2.35. The van der Waals surface area contributed by atoms with Crippen LogP contribution in [0.2, 0.25) is 0 Å². The van der Waals surface area contributed by atoms with Crippen molar-refractivity contribution < 1.29 is 14.7 Å². The number of nitrogens with one attached hydrogen (secondary N) is 1. The highest BCUT2D eigenvalue weighted by Crippen LogP contribution is 2.46. The molecule has 21 heavy (non-hydrogen) atoms. The van der Waals surface area contributed by atoms with E-state index in [0.29, 0.717) is 18.7 Å². The van der Waals surface area contributed by atoms with E-state index in [2.05, 4.69) is 10.3 Å². The fraction of sp³-hybridized carbons (Fsp3) is 0.188. The van der Waals surface area contributed by atoms with E-state index in [-0.39, 0.29) is 11.5 Å². The van der Waals surface area contributed by atoms with Crippen molar-refractivity contribution in [1.82, 2.24) is 4.98 Å². The summed E-state index contributed by atoms with van der Waals surface area (Å²) < 4.78 is 0. The van der Waals surface area contributed by atoms with E-state index in [1.807, 2.05) is 18.2 Å². The van der Waals surface area contributed by atoms with Crippen molar-refractivity contribution in [2.75, 3.05) is 5.32 Å². The van der Waals surface area contributed by atoms with Gasteiger partial charge in [-0.2, -0.15) is 0 Å². The standard InChI is InChI=1S/C16H12N2O3/c19-14(20)9-3-4-10-7-16(8-11(10)6-9)12-2-1-5-17-13(12)18-15(16)21/h1-6H,7-8H2,(H,19,20)(H,17,18,21). The molecule has 2 N–H and O–H groups in total. The Kier molecular flexibility index (Phi) is 2.25. The summed E-state index contributed by atoms with van der Waals surface area (Å²) >= 11 is 0. The number of carbonyl (C=O) groups is 2. The van der Waals surface area contributed by atoms with E-state index in [1.54, 1.807) is 18.3 Å². The molecule has 104 valence electrons. The van der Waals surface area contributed by atoms with Gasteiger partial charge < -0.3 is 10.4 Å². The minimum absolute atomic E-state index is 0.0516. The number of fused-ring (bicyclic) bond motifs is 3. The molecular formula is C16H12N2O3. The van der Waals surface area contributed by atoms with Gasteiger partial charge in [-0.05, 0) is 42.2 Å². The Morgan fingerprint density at radius 1 is 1.24 bits per heavy atom. The first kappa shape index (κ1) is 12.1. The van der Waals surface area contributed by atoms with Crippen molar-refractivity contribution in [3.05, 3.63) is 58.8 Å². The molecule has 1 aliphatic heterocycles. The van der Waals surface area contributed by atoms with Crippen LogP contribution in [0.3, 0.4) is 0 Å². The predicted octanol–water partition coefficient (Wildman–Crippen LogP) is 1.77. The van der Waals surface area contributed by atoms with E-state index in [0.717, 1.165) is 16.7 Å². The van der Waals surface area contributed by atoms with Gasteiger partial charge in [0.25, 0.3) is 0 Å². The average molecular weight is 280 g/mol. The molecule has 2 heterocycles. The van der Waals surface area contributed by atoms with Gasteiger partial charge in [0, 0.05) is 11.8 Å². The van der Waals surface area contributed by atoms with Gasteiger partial charge in [0.15, 0.2) is 0 Å². The van der Waals surface area contributed by atoms with Crippen molar-refractivity contribution in [2.45, 2.75) is 18.3 Å². The maximum Gasteiger partial charge on any atom is 0.335 e. The number of rotatable bonds is 1. The van der Waals surface area contributed by atoms with Crippen LogP contribution in [0.1, 0.15) is 27.0 Å². The topological polar surface area (TPSA) is 79.3 Å². The first-order valence-corrected chi connectivity index (χ1v) is 6.72. The van der Waals surface area contributed by atoms with E-state index < -0.39 is 11.4 Å². The minimum Gasteiger partial charge on any atom is -0.478 e. The normalized spacial score (nSPS) is 22.0. The van der Waals surface area contributed by atoms with Crippen molar-refractivity contribution in [1.29, 1.82) is 0 Å². The molecule has 1 atom stereocenters. The zero-order valence-electron chi connectivity index (χ0n) is 11.1. The Bertz CT molecular complexity index is 800. The number of aromatic nitrogens is 1. The number of nitrogens with zero attached hydrogens (tertiary/aromatic N) is 1. The predicted molar refractivity (Wildman–Crippen MR) is 75.4 cm³/mol. The summed E-state index contributed by atoms with van der Waals surface area (Å²) in [6, 6.07) is 8.83. The molecule has 1 aromatic carbocycles. The molecule has 1 aromatic heterocycles. The van der Waals surface area contributed by atoms with Crippen molar-refractivity contribution in [3.8, 4) is 0 Å². The second-order valence-corrected chi connectivity index (χ2v) is 5.58. The summed E-state index contributed by atoms with van der Waals surface area (Å²) in [7, 11) is 0. The Morgan fingerprint density at radius 3 is 2.86 bits per heavy atom. The van der Waals surface area contributed by atoms with Gasteiger partial charge in [0.1, 0.15) is 5.82 Å². The van der Waals surface area contributed by atoms with Gasteiger partial charge in [-0.25, -0.2) is 9.78 Å². The molecule has 0 saturated carbocycles. The number of hydrogen-bond acceptors (Lipinski definition) is 3. The van der Waals surface area contributed by atoms with Gasteiger partial charge in [-0.1, -0.05) is 12.1 Å². The summed E-state index contributed by atoms with van der Waals surface area (Å²) in [6.45, 7) is 0. The average Bonchev–Trinajstić information content (AvgIpc) is 2.98. The largest absolute Gasteiger partial charge is 0.478 e. The summed E-state index contributed by atoms with van der Waals surface area (Å²) in [5.41, 5.74) is 2.50. The van der Waals surface area contributed by atoms with E-state index >= 15 is 0 Å². The first-order valence-electron chi connectivity index (χ1n) is 6.72. The van der Waals surface area contributed by atoms with E-state index in [9.17, 15) is 9.59 Å². The molecule has 1 amide bonds. The summed E-state index contributed by atoms with van der Waals surface area (Å²) in [4.78, 5) is 27.8. The van der Waals surface area contributed by atoms with Crippen LogP contribution in [0.15, 0.2) is 36.5 Å². The maximum atomic E-state index is 12.5. The van der Waals surface area contributed by atoms with E-state index in [1.165, 1.54) is 0 Å². The molecule has 2 aliphatic rings. The molecule has 0 saturated heterocycles. The van der Waals surface area contributed by atoms with Gasteiger partial charge in [0.2, 0.25) is 5.91 Å². The minimum atomic E-state index is -0.948. The van der Waals surface area contributed by atoms with Gasteiger partial charge >= 0.3 is 5.97 Å². The highest BCUT2D eigenvalue weighted by molar-refractivity contribution is 6.06. The summed E-state index contributed by atoms with van der Waals surface area (Å²) in [5.74, 6) is -0.380. The Morgan fingerprint density at radius 2 is 2.05 bits per heavy atom. The highest BCUT2D eigenvalue weighted by Gasteiger charge is 2.51. The monoisotopic (exact) mass is 280 g/mol. The lowest BCUT2D eigenvalue weighted by atomic mass is 9.79. The first-order chi connectivity index (χ1) is 10.1. The van der Waals surface area contributed by atoms with Crippen LogP contribution < -0.4 is 5.32 Å². The molecule has 4 rings (SSSR count). The smallest absolute Gasteiger partial charge is 0.335 e. The molecule has 1 spiro atoms. The number of carbonyl (C=O) groups excluding carboxylic acids is 1. The van der Waals surface area contributed by atoms with Crippen LogP contribution in [0, 0.1) is 0 Å². The Labute approximate surface area is 120 Å². The molecule has 5 nitrogen and oxygen atoms in total. The maximum absolute atomic E-state index is 12.5. The number of carboxylic acid groups (broad SMARTS) is 1. The van der Waals surface area contributed by atoms with E-state index in [4.69, 9.17) is 5.11 Å².